The van der Waals surface area contributed by atoms with Crippen molar-refractivity contribution in [1.82, 2.24) is 19.7 Å². The molecule has 0 bridgehead atoms. The summed E-state index contributed by atoms with van der Waals surface area (Å²) in [6, 6.07) is 0. The molecule has 1 aliphatic rings. The van der Waals surface area contributed by atoms with E-state index in [4.69, 9.17) is 0 Å². The maximum absolute atomic E-state index is 11.4. The third-order valence-corrected chi connectivity index (χ3v) is 3.08. The molecule has 1 aromatic heterocycles. The van der Waals surface area contributed by atoms with Crippen LogP contribution in [0.2, 0.25) is 0 Å². The van der Waals surface area contributed by atoms with Crippen molar-refractivity contribution in [3.05, 3.63) is 11.6 Å². The first-order valence-corrected chi connectivity index (χ1v) is 6.05. The molecule has 1 aromatic rings. The first-order valence-electron chi connectivity index (χ1n) is 4.93. The standard InChI is InChI=1S/C9H13BrN4O/c1-13(9(15)5-10)6-8-12-11-7-3-2-4-14(7)8/h2-6H2,1H3. The van der Waals surface area contributed by atoms with Crippen LogP contribution in [0.5, 0.6) is 0 Å². The molecule has 15 heavy (non-hydrogen) atoms. The Bertz CT molecular complexity index is 376. The normalized spacial score (nSPS) is 14.0. The summed E-state index contributed by atoms with van der Waals surface area (Å²) in [6.07, 6.45) is 2.14. The molecule has 2 rings (SSSR count). The fourth-order valence-corrected chi connectivity index (χ4v) is 2.16. The molecular formula is C9H13BrN4O. The molecule has 1 amide bonds. The molecule has 0 saturated carbocycles. The smallest absolute Gasteiger partial charge is 0.233 e. The van der Waals surface area contributed by atoms with Crippen molar-refractivity contribution in [2.75, 3.05) is 12.4 Å². The van der Waals surface area contributed by atoms with Crippen molar-refractivity contribution in [2.24, 2.45) is 0 Å². The highest BCUT2D eigenvalue weighted by molar-refractivity contribution is 9.09. The third-order valence-electron chi connectivity index (χ3n) is 2.60. The minimum atomic E-state index is 0.0605. The molecule has 0 radical (unpaired) electrons. The fraction of sp³-hybridized carbons (Fsp3) is 0.667. The summed E-state index contributed by atoms with van der Waals surface area (Å²) >= 11 is 3.15. The van der Waals surface area contributed by atoms with E-state index >= 15 is 0 Å². The first-order chi connectivity index (χ1) is 7.22. The van der Waals surface area contributed by atoms with Gasteiger partial charge in [0.1, 0.15) is 5.82 Å². The van der Waals surface area contributed by atoms with Crippen molar-refractivity contribution in [3.63, 3.8) is 0 Å². The molecule has 0 atom stereocenters. The lowest BCUT2D eigenvalue weighted by Crippen LogP contribution is -2.28. The summed E-state index contributed by atoms with van der Waals surface area (Å²) in [7, 11) is 1.78. The van der Waals surface area contributed by atoms with Crippen LogP contribution in [0.1, 0.15) is 18.1 Å². The Morgan fingerprint density at radius 3 is 3.13 bits per heavy atom. The van der Waals surface area contributed by atoms with Gasteiger partial charge in [-0.3, -0.25) is 4.79 Å². The third kappa shape index (κ3) is 2.04. The largest absolute Gasteiger partial charge is 0.337 e. The van der Waals surface area contributed by atoms with Gasteiger partial charge in [-0.05, 0) is 6.42 Å². The Labute approximate surface area is 96.6 Å². The van der Waals surface area contributed by atoms with Crippen molar-refractivity contribution < 1.29 is 4.79 Å². The average Bonchev–Trinajstić information content (AvgIpc) is 2.81. The summed E-state index contributed by atoms with van der Waals surface area (Å²) in [5.41, 5.74) is 0. The number of rotatable bonds is 3. The van der Waals surface area contributed by atoms with Crippen LogP contribution in [0, 0.1) is 0 Å². The predicted molar refractivity (Wildman–Crippen MR) is 58.6 cm³/mol. The van der Waals surface area contributed by atoms with Gasteiger partial charge in [0.15, 0.2) is 5.82 Å². The number of alkyl halides is 1. The number of aromatic nitrogens is 3. The molecule has 0 aliphatic carbocycles. The van der Waals surface area contributed by atoms with Gasteiger partial charge in [-0.1, -0.05) is 15.9 Å². The molecule has 0 saturated heterocycles. The molecule has 0 unspecified atom stereocenters. The SMILES string of the molecule is CN(Cc1nnc2n1CCC2)C(=O)CBr. The van der Waals surface area contributed by atoms with Gasteiger partial charge in [0.25, 0.3) is 0 Å². The second-order valence-electron chi connectivity index (χ2n) is 3.67. The Kier molecular flexibility index (Phi) is 3.04. The second kappa shape index (κ2) is 4.30. The molecule has 82 valence electrons. The molecule has 2 heterocycles. The first kappa shape index (κ1) is 10.6. The Balaban J connectivity index is 2.08. The zero-order valence-corrected chi connectivity index (χ0v) is 10.2. The van der Waals surface area contributed by atoms with Crippen molar-refractivity contribution in [1.29, 1.82) is 0 Å². The molecule has 1 aliphatic heterocycles. The average molecular weight is 273 g/mol. The molecule has 6 heteroatoms. The number of carbonyl (C=O) groups excluding carboxylic acids is 1. The molecular weight excluding hydrogens is 260 g/mol. The summed E-state index contributed by atoms with van der Waals surface area (Å²) < 4.78 is 2.11. The molecule has 0 N–H and O–H groups in total. The highest BCUT2D eigenvalue weighted by atomic mass is 79.9. The van der Waals surface area contributed by atoms with Gasteiger partial charge in [0.05, 0.1) is 11.9 Å². The van der Waals surface area contributed by atoms with Crippen LogP contribution < -0.4 is 0 Å². The van der Waals surface area contributed by atoms with E-state index in [0.29, 0.717) is 11.9 Å². The van der Waals surface area contributed by atoms with Crippen molar-refractivity contribution in [2.45, 2.75) is 25.9 Å². The van der Waals surface area contributed by atoms with E-state index in [0.717, 1.165) is 31.0 Å². The maximum Gasteiger partial charge on any atom is 0.233 e. The topological polar surface area (TPSA) is 51.0 Å². The number of halogens is 1. The van der Waals surface area contributed by atoms with Gasteiger partial charge < -0.3 is 9.47 Å². The molecule has 0 aromatic carbocycles. The summed E-state index contributed by atoms with van der Waals surface area (Å²) in [5, 5.41) is 8.55. The molecule has 0 fully saturated rings. The lowest BCUT2D eigenvalue weighted by Gasteiger charge is -2.15. The predicted octanol–water partition coefficient (Wildman–Crippen LogP) is 0.578. The maximum atomic E-state index is 11.4. The highest BCUT2D eigenvalue weighted by Gasteiger charge is 2.19. The van der Waals surface area contributed by atoms with Crippen LogP contribution >= 0.6 is 15.9 Å². The van der Waals surface area contributed by atoms with Gasteiger partial charge in [0, 0.05) is 20.0 Å². The highest BCUT2D eigenvalue weighted by Crippen LogP contribution is 2.14. The summed E-state index contributed by atoms with van der Waals surface area (Å²) in [5.74, 6) is 1.99. The number of nitrogens with zero attached hydrogens (tertiary/aromatic N) is 4. The van der Waals surface area contributed by atoms with E-state index in [1.54, 1.807) is 11.9 Å². The lowest BCUT2D eigenvalue weighted by atomic mass is 10.4. The van der Waals surface area contributed by atoms with Gasteiger partial charge in [-0.15, -0.1) is 10.2 Å². The zero-order chi connectivity index (χ0) is 10.8. The number of aryl methyl sites for hydroxylation is 1. The second-order valence-corrected chi connectivity index (χ2v) is 4.23. The summed E-state index contributed by atoms with van der Waals surface area (Å²) in [4.78, 5) is 13.0. The van der Waals surface area contributed by atoms with Crippen LogP contribution in [-0.2, 0) is 24.3 Å². The van der Waals surface area contributed by atoms with E-state index in [-0.39, 0.29) is 5.91 Å². The van der Waals surface area contributed by atoms with Crippen LogP contribution in [0.4, 0.5) is 0 Å². The van der Waals surface area contributed by atoms with Gasteiger partial charge >= 0.3 is 0 Å². The van der Waals surface area contributed by atoms with E-state index in [2.05, 4.69) is 30.7 Å². The van der Waals surface area contributed by atoms with Crippen LogP contribution in [0.15, 0.2) is 0 Å². The molecule has 5 nitrogen and oxygen atoms in total. The molecule has 0 spiro atoms. The van der Waals surface area contributed by atoms with E-state index in [1.807, 2.05) is 0 Å². The van der Waals surface area contributed by atoms with E-state index in [1.165, 1.54) is 0 Å². The van der Waals surface area contributed by atoms with Crippen LogP contribution in [0.25, 0.3) is 0 Å². The zero-order valence-electron chi connectivity index (χ0n) is 8.61. The van der Waals surface area contributed by atoms with E-state index in [9.17, 15) is 4.79 Å². The van der Waals surface area contributed by atoms with Gasteiger partial charge in [-0.2, -0.15) is 0 Å². The summed E-state index contributed by atoms with van der Waals surface area (Å²) in [6.45, 7) is 1.52. The Morgan fingerprint density at radius 2 is 2.40 bits per heavy atom. The number of hydrogen-bond donors (Lipinski definition) is 0. The minimum absolute atomic E-state index is 0.0605. The Hall–Kier alpha value is -0.910. The number of hydrogen-bond acceptors (Lipinski definition) is 3. The monoisotopic (exact) mass is 272 g/mol. The van der Waals surface area contributed by atoms with E-state index < -0.39 is 0 Å². The Morgan fingerprint density at radius 1 is 1.60 bits per heavy atom. The van der Waals surface area contributed by atoms with Crippen LogP contribution in [0.3, 0.4) is 0 Å². The lowest BCUT2D eigenvalue weighted by molar-refractivity contribution is -0.127. The number of carbonyl (C=O) groups is 1. The van der Waals surface area contributed by atoms with Crippen molar-refractivity contribution in [3.8, 4) is 0 Å². The number of amides is 1. The van der Waals surface area contributed by atoms with Gasteiger partial charge in [0.2, 0.25) is 5.91 Å². The fourth-order valence-electron chi connectivity index (χ4n) is 1.73. The van der Waals surface area contributed by atoms with Crippen molar-refractivity contribution >= 4 is 21.8 Å². The van der Waals surface area contributed by atoms with Crippen LogP contribution in [-0.4, -0.2) is 37.9 Å². The minimum Gasteiger partial charge on any atom is -0.337 e. The van der Waals surface area contributed by atoms with Gasteiger partial charge in [-0.25, -0.2) is 0 Å². The number of fused-ring (bicyclic) bond motifs is 1. The quantitative estimate of drug-likeness (QED) is 0.757.